The second-order valence-corrected chi connectivity index (χ2v) is 6.53. The van der Waals surface area contributed by atoms with Gasteiger partial charge in [-0.25, -0.2) is 4.79 Å². The lowest BCUT2D eigenvalue weighted by molar-refractivity contribution is -0.130. The summed E-state index contributed by atoms with van der Waals surface area (Å²) in [7, 11) is 3.07. The SMILES string of the molecule is COc1ccc(C[C@]2(C)NC(=O)N(CC(=O)c3ccc[nH]3)C2=O)cc1OC. The molecule has 2 N–H and O–H groups in total. The molecule has 0 saturated carbocycles. The van der Waals surface area contributed by atoms with E-state index in [1.165, 1.54) is 7.11 Å². The van der Waals surface area contributed by atoms with Crippen molar-refractivity contribution in [3.05, 3.63) is 47.8 Å². The summed E-state index contributed by atoms with van der Waals surface area (Å²) in [5.74, 6) is 0.335. The summed E-state index contributed by atoms with van der Waals surface area (Å²) in [5, 5.41) is 2.70. The molecule has 1 aromatic carbocycles. The number of carbonyl (C=O) groups excluding carboxylic acids is 3. The Kier molecular flexibility index (Phi) is 4.89. The number of amides is 3. The Labute approximate surface area is 156 Å². The summed E-state index contributed by atoms with van der Waals surface area (Å²) in [6.45, 7) is 1.33. The first-order chi connectivity index (χ1) is 12.9. The number of methoxy groups -OCH3 is 2. The van der Waals surface area contributed by atoms with Gasteiger partial charge in [-0.1, -0.05) is 6.07 Å². The van der Waals surface area contributed by atoms with Gasteiger partial charge in [0.15, 0.2) is 17.3 Å². The van der Waals surface area contributed by atoms with E-state index in [-0.39, 0.29) is 18.7 Å². The van der Waals surface area contributed by atoms with Crippen molar-refractivity contribution < 1.29 is 23.9 Å². The number of ketones is 1. The lowest BCUT2D eigenvalue weighted by atomic mass is 9.92. The molecule has 1 aromatic heterocycles. The monoisotopic (exact) mass is 371 g/mol. The van der Waals surface area contributed by atoms with Gasteiger partial charge in [0.25, 0.3) is 5.91 Å². The summed E-state index contributed by atoms with van der Waals surface area (Å²) in [5.41, 5.74) is -0.00221. The highest BCUT2D eigenvalue weighted by atomic mass is 16.5. The topological polar surface area (TPSA) is 101 Å². The Balaban J connectivity index is 1.77. The number of nitrogens with zero attached hydrogens (tertiary/aromatic N) is 1. The first kappa shape index (κ1) is 18.5. The molecule has 0 spiro atoms. The molecule has 2 aromatic rings. The van der Waals surface area contributed by atoms with Crippen LogP contribution in [-0.2, 0) is 11.2 Å². The standard InChI is InChI=1S/C19H21N3O5/c1-19(10-12-6-7-15(26-2)16(9-12)27-3)17(24)22(18(25)21-19)11-14(23)13-5-4-8-20-13/h4-9,20H,10-11H2,1-3H3,(H,21,25)/t19-/m0/s1. The Morgan fingerprint density at radius 1 is 1.15 bits per heavy atom. The van der Waals surface area contributed by atoms with Crippen molar-refractivity contribution >= 4 is 17.7 Å². The summed E-state index contributed by atoms with van der Waals surface area (Å²) in [6.07, 6.45) is 1.87. The van der Waals surface area contributed by atoms with E-state index in [4.69, 9.17) is 9.47 Å². The normalized spacial score (nSPS) is 19.1. The third kappa shape index (κ3) is 3.51. The fourth-order valence-electron chi connectivity index (χ4n) is 3.14. The van der Waals surface area contributed by atoms with E-state index in [2.05, 4.69) is 10.3 Å². The zero-order chi connectivity index (χ0) is 19.6. The number of ether oxygens (including phenoxy) is 2. The number of imide groups is 1. The minimum atomic E-state index is -1.15. The van der Waals surface area contributed by atoms with Crippen LogP contribution in [0.2, 0.25) is 0 Å². The molecular weight excluding hydrogens is 350 g/mol. The molecule has 0 aliphatic carbocycles. The van der Waals surface area contributed by atoms with Crippen LogP contribution in [0.1, 0.15) is 23.0 Å². The average Bonchev–Trinajstić information content (AvgIpc) is 3.25. The Bertz CT molecular complexity index is 877. The van der Waals surface area contributed by atoms with Gasteiger partial charge in [0.05, 0.1) is 26.5 Å². The van der Waals surface area contributed by atoms with Gasteiger partial charge in [0, 0.05) is 12.6 Å². The minimum Gasteiger partial charge on any atom is -0.493 e. The Hall–Kier alpha value is -3.29. The Morgan fingerprint density at radius 2 is 1.89 bits per heavy atom. The van der Waals surface area contributed by atoms with Crippen molar-refractivity contribution in [2.45, 2.75) is 18.9 Å². The number of aromatic nitrogens is 1. The minimum absolute atomic E-state index is 0.255. The first-order valence-electron chi connectivity index (χ1n) is 8.39. The third-order valence-electron chi connectivity index (χ3n) is 4.55. The van der Waals surface area contributed by atoms with Gasteiger partial charge >= 0.3 is 6.03 Å². The number of Topliss-reactive ketones (excluding diaryl/α,β-unsaturated/α-hetero) is 1. The van der Waals surface area contributed by atoms with Gasteiger partial charge in [0.2, 0.25) is 0 Å². The van der Waals surface area contributed by atoms with Crippen LogP contribution in [0.25, 0.3) is 0 Å². The molecule has 27 heavy (non-hydrogen) atoms. The molecule has 3 rings (SSSR count). The molecule has 2 heterocycles. The Morgan fingerprint density at radius 3 is 2.52 bits per heavy atom. The highest BCUT2D eigenvalue weighted by molar-refractivity contribution is 6.10. The van der Waals surface area contributed by atoms with Crippen molar-refractivity contribution in [2.24, 2.45) is 0 Å². The van der Waals surface area contributed by atoms with Gasteiger partial charge in [-0.2, -0.15) is 0 Å². The predicted molar refractivity (Wildman–Crippen MR) is 97.0 cm³/mol. The van der Waals surface area contributed by atoms with E-state index in [9.17, 15) is 14.4 Å². The van der Waals surface area contributed by atoms with Gasteiger partial charge in [-0.15, -0.1) is 0 Å². The van der Waals surface area contributed by atoms with Crippen molar-refractivity contribution in [3.63, 3.8) is 0 Å². The van der Waals surface area contributed by atoms with E-state index in [1.807, 2.05) is 0 Å². The average molecular weight is 371 g/mol. The van der Waals surface area contributed by atoms with Crippen LogP contribution in [0.3, 0.4) is 0 Å². The summed E-state index contributed by atoms with van der Waals surface area (Å²) < 4.78 is 10.5. The summed E-state index contributed by atoms with van der Waals surface area (Å²) >= 11 is 0. The van der Waals surface area contributed by atoms with Crippen LogP contribution in [0.5, 0.6) is 11.5 Å². The lowest BCUT2D eigenvalue weighted by Crippen LogP contribution is -2.46. The van der Waals surface area contributed by atoms with Crippen LogP contribution < -0.4 is 14.8 Å². The van der Waals surface area contributed by atoms with Crippen LogP contribution in [0.4, 0.5) is 4.79 Å². The van der Waals surface area contributed by atoms with Gasteiger partial charge in [-0.05, 0) is 36.8 Å². The van der Waals surface area contributed by atoms with Crippen LogP contribution in [0.15, 0.2) is 36.5 Å². The van der Waals surface area contributed by atoms with Crippen molar-refractivity contribution in [1.82, 2.24) is 15.2 Å². The number of carbonyl (C=O) groups is 3. The summed E-state index contributed by atoms with van der Waals surface area (Å²) in [4.78, 5) is 41.1. The van der Waals surface area contributed by atoms with Gasteiger partial charge < -0.3 is 19.8 Å². The van der Waals surface area contributed by atoms with Gasteiger partial charge in [0.1, 0.15) is 5.54 Å². The van der Waals surface area contributed by atoms with Crippen LogP contribution in [0, 0.1) is 0 Å². The fourth-order valence-corrected chi connectivity index (χ4v) is 3.14. The first-order valence-corrected chi connectivity index (χ1v) is 8.39. The highest BCUT2D eigenvalue weighted by Crippen LogP contribution is 2.30. The summed E-state index contributed by atoms with van der Waals surface area (Å²) in [6, 6.07) is 8.01. The number of H-pyrrole nitrogens is 1. The maximum absolute atomic E-state index is 12.8. The zero-order valence-corrected chi connectivity index (χ0v) is 15.4. The predicted octanol–water partition coefficient (Wildman–Crippen LogP) is 1.77. The number of rotatable bonds is 7. The molecule has 0 unspecified atom stereocenters. The lowest BCUT2D eigenvalue weighted by Gasteiger charge is -2.22. The second kappa shape index (κ2) is 7.14. The number of hydrogen-bond donors (Lipinski definition) is 2. The molecule has 1 atom stereocenters. The quantitative estimate of drug-likeness (QED) is 0.571. The van der Waals surface area contributed by atoms with Crippen LogP contribution in [-0.4, -0.2) is 53.9 Å². The molecule has 1 aliphatic heterocycles. The van der Waals surface area contributed by atoms with E-state index in [0.29, 0.717) is 17.2 Å². The van der Waals surface area contributed by atoms with Crippen molar-refractivity contribution in [1.29, 1.82) is 0 Å². The van der Waals surface area contributed by atoms with E-state index in [0.717, 1.165) is 10.5 Å². The molecule has 8 heteroatoms. The number of nitrogens with one attached hydrogen (secondary N) is 2. The van der Waals surface area contributed by atoms with E-state index in [1.54, 1.807) is 50.6 Å². The number of urea groups is 1. The molecule has 0 bridgehead atoms. The zero-order valence-electron chi connectivity index (χ0n) is 15.4. The maximum Gasteiger partial charge on any atom is 0.325 e. The van der Waals surface area contributed by atoms with Gasteiger partial charge in [-0.3, -0.25) is 14.5 Å². The number of benzene rings is 1. The smallest absolute Gasteiger partial charge is 0.325 e. The van der Waals surface area contributed by atoms with E-state index < -0.39 is 17.5 Å². The molecular formula is C19H21N3O5. The number of aromatic amines is 1. The largest absolute Gasteiger partial charge is 0.493 e. The number of hydrogen-bond acceptors (Lipinski definition) is 5. The molecule has 3 amide bonds. The third-order valence-corrected chi connectivity index (χ3v) is 4.55. The molecule has 1 aliphatic rings. The van der Waals surface area contributed by atoms with Crippen LogP contribution >= 0.6 is 0 Å². The molecule has 0 radical (unpaired) electrons. The molecule has 1 fully saturated rings. The molecule has 8 nitrogen and oxygen atoms in total. The molecule has 1 saturated heterocycles. The highest BCUT2D eigenvalue weighted by Gasteiger charge is 2.48. The van der Waals surface area contributed by atoms with Crippen molar-refractivity contribution in [3.8, 4) is 11.5 Å². The van der Waals surface area contributed by atoms with E-state index >= 15 is 0 Å². The van der Waals surface area contributed by atoms with Crippen molar-refractivity contribution in [2.75, 3.05) is 20.8 Å². The molecule has 142 valence electrons. The maximum atomic E-state index is 12.8. The second-order valence-electron chi connectivity index (χ2n) is 6.53. The fraction of sp³-hybridized carbons (Fsp3) is 0.316.